The Morgan fingerprint density at radius 3 is 2.54 bits per heavy atom. The first-order valence-electron chi connectivity index (χ1n) is 8.71. The van der Waals surface area contributed by atoms with Crippen molar-refractivity contribution in [3.05, 3.63) is 81.5 Å². The van der Waals surface area contributed by atoms with E-state index in [1.54, 1.807) is 4.90 Å². The second kappa shape index (κ2) is 6.89. The summed E-state index contributed by atoms with van der Waals surface area (Å²) in [5, 5.41) is 10.4. The van der Waals surface area contributed by atoms with Gasteiger partial charge in [0.05, 0.1) is 0 Å². The standard InChI is InChI=1S/C21H20BrNO3/c1-13-18(15-7-9-16(22)10-8-15)17-12-23(11-14-5-3-2-4-6-14)20(24)19(17)26-21(13)25/h2-10,13,18,21,25H,11-12H2,1H3/t13-,18+,21+/m1/s1. The van der Waals surface area contributed by atoms with Gasteiger partial charge in [-0.2, -0.15) is 0 Å². The molecular formula is C21H20BrNO3. The minimum absolute atomic E-state index is 0.0356. The van der Waals surface area contributed by atoms with E-state index in [1.807, 2.05) is 61.5 Å². The minimum Gasteiger partial charge on any atom is -0.459 e. The highest BCUT2D eigenvalue weighted by atomic mass is 79.9. The van der Waals surface area contributed by atoms with Gasteiger partial charge in [-0.05, 0) is 23.3 Å². The molecule has 0 aromatic heterocycles. The second-order valence-electron chi connectivity index (χ2n) is 6.90. The Morgan fingerprint density at radius 1 is 1.15 bits per heavy atom. The smallest absolute Gasteiger partial charge is 0.289 e. The van der Waals surface area contributed by atoms with Gasteiger partial charge in [-0.1, -0.05) is 65.3 Å². The molecule has 4 rings (SSSR count). The van der Waals surface area contributed by atoms with Crippen LogP contribution in [0, 0.1) is 5.92 Å². The summed E-state index contributed by atoms with van der Waals surface area (Å²) >= 11 is 3.46. The second-order valence-corrected chi connectivity index (χ2v) is 7.81. The molecule has 2 aliphatic rings. The number of hydrogen-bond acceptors (Lipinski definition) is 3. The Labute approximate surface area is 161 Å². The Kier molecular flexibility index (Phi) is 4.59. The molecule has 0 radical (unpaired) electrons. The number of aliphatic hydroxyl groups excluding tert-OH is 1. The Hall–Kier alpha value is -2.11. The SMILES string of the molecule is C[C@@H]1[C@@H](c2ccc(Br)cc2)C2=C(O[C@@H]1O)C(=O)N(Cc1ccccc1)C2. The zero-order valence-electron chi connectivity index (χ0n) is 14.4. The summed E-state index contributed by atoms with van der Waals surface area (Å²) in [4.78, 5) is 14.6. The highest BCUT2D eigenvalue weighted by molar-refractivity contribution is 9.10. The van der Waals surface area contributed by atoms with Crippen molar-refractivity contribution < 1.29 is 14.6 Å². The summed E-state index contributed by atoms with van der Waals surface area (Å²) in [7, 11) is 0. The molecule has 0 fully saturated rings. The summed E-state index contributed by atoms with van der Waals surface area (Å²) < 4.78 is 6.62. The lowest BCUT2D eigenvalue weighted by Crippen LogP contribution is -2.33. The van der Waals surface area contributed by atoms with Gasteiger partial charge in [0.2, 0.25) is 6.29 Å². The van der Waals surface area contributed by atoms with E-state index in [4.69, 9.17) is 4.74 Å². The summed E-state index contributed by atoms with van der Waals surface area (Å²) in [6.45, 7) is 3.03. The van der Waals surface area contributed by atoms with Crippen molar-refractivity contribution in [1.29, 1.82) is 0 Å². The molecule has 0 saturated heterocycles. The molecule has 134 valence electrons. The number of aliphatic hydroxyl groups is 1. The fourth-order valence-corrected chi connectivity index (χ4v) is 4.08. The third-order valence-electron chi connectivity index (χ3n) is 5.17. The molecule has 2 aliphatic heterocycles. The molecule has 4 nitrogen and oxygen atoms in total. The number of rotatable bonds is 3. The monoisotopic (exact) mass is 413 g/mol. The van der Waals surface area contributed by atoms with E-state index in [9.17, 15) is 9.90 Å². The van der Waals surface area contributed by atoms with Crippen LogP contribution in [0.5, 0.6) is 0 Å². The van der Waals surface area contributed by atoms with E-state index in [-0.39, 0.29) is 17.7 Å². The zero-order valence-corrected chi connectivity index (χ0v) is 16.0. The van der Waals surface area contributed by atoms with Crippen LogP contribution in [-0.2, 0) is 16.1 Å². The number of halogens is 1. The summed E-state index contributed by atoms with van der Waals surface area (Å²) in [6, 6.07) is 18.0. The molecule has 0 saturated carbocycles. The minimum atomic E-state index is -0.983. The van der Waals surface area contributed by atoms with E-state index in [1.165, 1.54) is 0 Å². The number of carbonyl (C=O) groups excluding carboxylic acids is 1. The number of carbonyl (C=O) groups is 1. The van der Waals surface area contributed by atoms with Crippen LogP contribution in [-0.4, -0.2) is 28.7 Å². The molecule has 1 N–H and O–H groups in total. The van der Waals surface area contributed by atoms with E-state index in [0.29, 0.717) is 18.8 Å². The van der Waals surface area contributed by atoms with Crippen LogP contribution in [0.3, 0.4) is 0 Å². The summed E-state index contributed by atoms with van der Waals surface area (Å²) in [5.41, 5.74) is 3.13. The van der Waals surface area contributed by atoms with E-state index in [2.05, 4.69) is 15.9 Å². The van der Waals surface area contributed by atoms with Crippen molar-refractivity contribution in [3.63, 3.8) is 0 Å². The zero-order chi connectivity index (χ0) is 18.3. The molecule has 0 aliphatic carbocycles. The maximum Gasteiger partial charge on any atom is 0.289 e. The highest BCUT2D eigenvalue weighted by Crippen LogP contribution is 2.44. The lowest BCUT2D eigenvalue weighted by Gasteiger charge is -2.34. The van der Waals surface area contributed by atoms with Crippen LogP contribution in [0.25, 0.3) is 0 Å². The first-order chi connectivity index (χ1) is 12.5. The maximum atomic E-state index is 12.9. The highest BCUT2D eigenvalue weighted by Gasteiger charge is 2.45. The van der Waals surface area contributed by atoms with Gasteiger partial charge in [0.1, 0.15) is 0 Å². The molecular weight excluding hydrogens is 394 g/mol. The van der Waals surface area contributed by atoms with E-state index in [0.717, 1.165) is 21.2 Å². The van der Waals surface area contributed by atoms with Crippen molar-refractivity contribution >= 4 is 21.8 Å². The largest absolute Gasteiger partial charge is 0.459 e. The molecule has 5 heteroatoms. The maximum absolute atomic E-state index is 12.9. The summed E-state index contributed by atoms with van der Waals surface area (Å²) in [5.74, 6) is 0.0161. The molecule has 2 heterocycles. The fraction of sp³-hybridized carbons (Fsp3) is 0.286. The first-order valence-corrected chi connectivity index (χ1v) is 9.50. The van der Waals surface area contributed by atoms with Crippen LogP contribution in [0.15, 0.2) is 70.4 Å². The predicted octanol–water partition coefficient (Wildman–Crippen LogP) is 3.81. The van der Waals surface area contributed by atoms with Gasteiger partial charge < -0.3 is 14.7 Å². The predicted molar refractivity (Wildman–Crippen MR) is 102 cm³/mol. The number of nitrogens with zero attached hydrogens (tertiary/aromatic N) is 1. The molecule has 26 heavy (non-hydrogen) atoms. The Morgan fingerprint density at radius 2 is 1.85 bits per heavy atom. The van der Waals surface area contributed by atoms with Gasteiger partial charge in [0, 0.05) is 35.0 Å². The van der Waals surface area contributed by atoms with E-state index < -0.39 is 6.29 Å². The van der Waals surface area contributed by atoms with Gasteiger partial charge in [0.25, 0.3) is 5.91 Å². The van der Waals surface area contributed by atoms with Crippen LogP contribution in [0.2, 0.25) is 0 Å². The lowest BCUT2D eigenvalue weighted by molar-refractivity contribution is -0.144. The van der Waals surface area contributed by atoms with Crippen molar-refractivity contribution in [3.8, 4) is 0 Å². The lowest BCUT2D eigenvalue weighted by atomic mass is 9.79. The van der Waals surface area contributed by atoms with Crippen molar-refractivity contribution in [1.82, 2.24) is 4.90 Å². The number of ether oxygens (including phenoxy) is 1. The molecule has 2 aromatic rings. The summed E-state index contributed by atoms with van der Waals surface area (Å²) in [6.07, 6.45) is -0.983. The van der Waals surface area contributed by atoms with Gasteiger partial charge in [0.15, 0.2) is 5.76 Å². The molecule has 0 bridgehead atoms. The van der Waals surface area contributed by atoms with Crippen molar-refractivity contribution in [2.24, 2.45) is 5.92 Å². The molecule has 0 unspecified atom stereocenters. The molecule has 2 aromatic carbocycles. The Balaban J connectivity index is 1.66. The van der Waals surface area contributed by atoms with E-state index >= 15 is 0 Å². The molecule has 1 amide bonds. The average Bonchev–Trinajstić information content (AvgIpc) is 2.94. The van der Waals surface area contributed by atoms with Gasteiger partial charge in [-0.25, -0.2) is 0 Å². The quantitative estimate of drug-likeness (QED) is 0.831. The number of amides is 1. The van der Waals surface area contributed by atoms with Crippen LogP contribution < -0.4 is 0 Å². The Bertz CT molecular complexity index is 847. The van der Waals surface area contributed by atoms with Crippen LogP contribution in [0.1, 0.15) is 24.0 Å². The van der Waals surface area contributed by atoms with Gasteiger partial charge in [-0.15, -0.1) is 0 Å². The van der Waals surface area contributed by atoms with Crippen molar-refractivity contribution in [2.75, 3.05) is 6.54 Å². The van der Waals surface area contributed by atoms with Crippen LogP contribution >= 0.6 is 15.9 Å². The van der Waals surface area contributed by atoms with Gasteiger partial charge >= 0.3 is 0 Å². The third kappa shape index (κ3) is 3.06. The third-order valence-corrected chi connectivity index (χ3v) is 5.70. The molecule has 0 spiro atoms. The topological polar surface area (TPSA) is 49.8 Å². The number of hydrogen-bond donors (Lipinski definition) is 1. The fourth-order valence-electron chi connectivity index (χ4n) is 3.81. The van der Waals surface area contributed by atoms with Gasteiger partial charge in [-0.3, -0.25) is 4.79 Å². The van der Waals surface area contributed by atoms with Crippen LogP contribution in [0.4, 0.5) is 0 Å². The number of benzene rings is 2. The molecule has 3 atom stereocenters. The first kappa shape index (κ1) is 17.3. The average molecular weight is 414 g/mol. The normalized spacial score (nSPS) is 25.3. The van der Waals surface area contributed by atoms with Crippen molar-refractivity contribution in [2.45, 2.75) is 25.7 Å².